The first-order valence-corrected chi connectivity index (χ1v) is 9.76. The molecule has 2 aromatic rings. The van der Waals surface area contributed by atoms with E-state index in [0.717, 1.165) is 16.5 Å². The third-order valence-electron chi connectivity index (χ3n) is 5.09. The molecule has 2 atom stereocenters. The van der Waals surface area contributed by atoms with Crippen LogP contribution < -0.4 is 5.32 Å². The second-order valence-electron chi connectivity index (χ2n) is 6.96. The lowest BCUT2D eigenvalue weighted by Crippen LogP contribution is -2.47. The molecule has 29 heavy (non-hydrogen) atoms. The lowest BCUT2D eigenvalue weighted by molar-refractivity contribution is -0.147. The predicted molar refractivity (Wildman–Crippen MR) is 110 cm³/mol. The number of benzene rings is 1. The molecule has 156 valence electrons. The molecule has 1 aromatic heterocycles. The van der Waals surface area contributed by atoms with Gasteiger partial charge in [0.25, 0.3) is 5.91 Å². The van der Waals surface area contributed by atoms with Crippen LogP contribution in [-0.4, -0.2) is 42.6 Å². The molecular formula is C22H28N2O5. The number of ether oxygens (including phenoxy) is 2. The summed E-state index contributed by atoms with van der Waals surface area (Å²) in [4.78, 5) is 41.5. The molecule has 7 nitrogen and oxygen atoms in total. The van der Waals surface area contributed by atoms with Crippen molar-refractivity contribution >= 4 is 28.7 Å². The fraction of sp³-hybridized carbons (Fsp3) is 0.455. The SMILES string of the molecule is CCc1nc2ccccc2c(C)c1C(=O)OCC(=O)N[C@H](C(=O)OC)[C@@H](C)CC. The molecule has 0 fully saturated rings. The number of amides is 1. The van der Waals surface area contributed by atoms with Crippen LogP contribution in [0.2, 0.25) is 0 Å². The van der Waals surface area contributed by atoms with Crippen molar-refractivity contribution in [1.29, 1.82) is 0 Å². The molecule has 7 heteroatoms. The van der Waals surface area contributed by atoms with Gasteiger partial charge in [0.05, 0.1) is 23.9 Å². The van der Waals surface area contributed by atoms with E-state index in [1.807, 2.05) is 52.0 Å². The van der Waals surface area contributed by atoms with Crippen LogP contribution in [0, 0.1) is 12.8 Å². The minimum absolute atomic E-state index is 0.110. The molecule has 0 spiro atoms. The normalized spacial score (nSPS) is 12.9. The summed E-state index contributed by atoms with van der Waals surface area (Å²) in [6, 6.07) is 6.78. The molecule has 0 bridgehead atoms. The van der Waals surface area contributed by atoms with E-state index in [9.17, 15) is 14.4 Å². The Kier molecular flexibility index (Phi) is 7.70. The van der Waals surface area contributed by atoms with Gasteiger partial charge < -0.3 is 14.8 Å². The average molecular weight is 400 g/mol. The fourth-order valence-electron chi connectivity index (χ4n) is 3.18. The molecular weight excluding hydrogens is 372 g/mol. The molecule has 1 N–H and O–H groups in total. The summed E-state index contributed by atoms with van der Waals surface area (Å²) >= 11 is 0. The highest BCUT2D eigenvalue weighted by Crippen LogP contribution is 2.24. The van der Waals surface area contributed by atoms with Crippen LogP contribution in [0.1, 0.15) is 48.8 Å². The summed E-state index contributed by atoms with van der Waals surface area (Å²) in [7, 11) is 1.27. The smallest absolute Gasteiger partial charge is 0.340 e. The number of carbonyl (C=O) groups is 3. The van der Waals surface area contributed by atoms with Gasteiger partial charge in [-0.25, -0.2) is 9.59 Å². The first-order valence-electron chi connectivity index (χ1n) is 9.76. The Morgan fingerprint density at radius 1 is 1.17 bits per heavy atom. The summed E-state index contributed by atoms with van der Waals surface area (Å²) < 4.78 is 10.00. The maximum absolute atomic E-state index is 12.7. The molecule has 0 saturated carbocycles. The quantitative estimate of drug-likeness (QED) is 0.685. The van der Waals surface area contributed by atoms with Crippen LogP contribution in [0.25, 0.3) is 10.9 Å². The number of hydrogen-bond acceptors (Lipinski definition) is 6. The van der Waals surface area contributed by atoms with Gasteiger partial charge in [0.2, 0.25) is 0 Å². The number of hydrogen-bond donors (Lipinski definition) is 1. The van der Waals surface area contributed by atoms with Gasteiger partial charge in [-0.3, -0.25) is 9.78 Å². The monoisotopic (exact) mass is 400 g/mol. The van der Waals surface area contributed by atoms with Gasteiger partial charge in [-0.2, -0.15) is 0 Å². The number of para-hydroxylation sites is 1. The van der Waals surface area contributed by atoms with Crippen molar-refractivity contribution in [3.63, 3.8) is 0 Å². The largest absolute Gasteiger partial charge is 0.467 e. The van der Waals surface area contributed by atoms with Crippen LogP contribution in [0.15, 0.2) is 24.3 Å². The van der Waals surface area contributed by atoms with E-state index < -0.39 is 30.5 Å². The molecule has 1 heterocycles. The van der Waals surface area contributed by atoms with E-state index in [0.29, 0.717) is 24.1 Å². The zero-order valence-electron chi connectivity index (χ0n) is 17.6. The Balaban J connectivity index is 2.15. The standard InChI is InChI=1S/C22H28N2O5/c1-6-13(3)20(22(27)28-5)24-18(25)12-29-21(26)19-14(4)15-10-8-9-11-17(15)23-16(19)7-2/h8-11,13,20H,6-7,12H2,1-5H3,(H,24,25)/t13-,20-/m0/s1. The third kappa shape index (κ3) is 5.10. The number of pyridine rings is 1. The third-order valence-corrected chi connectivity index (χ3v) is 5.09. The highest BCUT2D eigenvalue weighted by atomic mass is 16.5. The number of nitrogens with zero attached hydrogens (tertiary/aromatic N) is 1. The average Bonchev–Trinajstić information content (AvgIpc) is 2.74. The second kappa shape index (κ2) is 10.0. The first-order chi connectivity index (χ1) is 13.8. The minimum atomic E-state index is -0.786. The van der Waals surface area contributed by atoms with Crippen molar-refractivity contribution in [2.75, 3.05) is 13.7 Å². The summed E-state index contributed by atoms with van der Waals surface area (Å²) in [6.07, 6.45) is 1.24. The molecule has 0 aliphatic heterocycles. The Labute approximate surface area is 170 Å². The van der Waals surface area contributed by atoms with Gasteiger partial charge in [0.1, 0.15) is 6.04 Å². The number of rotatable bonds is 8. The molecule has 0 radical (unpaired) electrons. The van der Waals surface area contributed by atoms with Crippen LogP contribution in [0.3, 0.4) is 0 Å². The Hall–Kier alpha value is -2.96. The minimum Gasteiger partial charge on any atom is -0.467 e. The number of aryl methyl sites for hydroxylation is 2. The highest BCUT2D eigenvalue weighted by Gasteiger charge is 2.27. The van der Waals surface area contributed by atoms with Crippen LogP contribution in [0.4, 0.5) is 0 Å². The number of nitrogens with one attached hydrogen (secondary N) is 1. The van der Waals surface area contributed by atoms with E-state index in [1.54, 1.807) is 0 Å². The Morgan fingerprint density at radius 3 is 2.48 bits per heavy atom. The van der Waals surface area contributed by atoms with Crippen molar-refractivity contribution in [1.82, 2.24) is 10.3 Å². The van der Waals surface area contributed by atoms with Gasteiger partial charge >= 0.3 is 11.9 Å². The van der Waals surface area contributed by atoms with Gasteiger partial charge in [-0.15, -0.1) is 0 Å². The number of aromatic nitrogens is 1. The molecule has 0 saturated heterocycles. The molecule has 0 aliphatic carbocycles. The lowest BCUT2D eigenvalue weighted by atomic mass is 9.99. The predicted octanol–water partition coefficient (Wildman–Crippen LogP) is 2.97. The van der Waals surface area contributed by atoms with Crippen LogP contribution >= 0.6 is 0 Å². The van der Waals surface area contributed by atoms with E-state index in [-0.39, 0.29) is 5.92 Å². The molecule has 0 aliphatic rings. The maximum Gasteiger partial charge on any atom is 0.340 e. The molecule has 0 unspecified atom stereocenters. The zero-order valence-corrected chi connectivity index (χ0v) is 17.6. The zero-order chi connectivity index (χ0) is 21.6. The number of carbonyl (C=O) groups excluding carboxylic acids is 3. The topological polar surface area (TPSA) is 94.6 Å². The van der Waals surface area contributed by atoms with Gasteiger partial charge in [-0.05, 0) is 30.9 Å². The van der Waals surface area contributed by atoms with Crippen molar-refractivity contribution in [3.05, 3.63) is 41.1 Å². The Bertz CT molecular complexity index is 909. The Morgan fingerprint density at radius 2 is 1.86 bits per heavy atom. The van der Waals surface area contributed by atoms with E-state index in [1.165, 1.54) is 7.11 Å². The lowest BCUT2D eigenvalue weighted by Gasteiger charge is -2.21. The summed E-state index contributed by atoms with van der Waals surface area (Å²) in [6.45, 7) is 7.02. The van der Waals surface area contributed by atoms with Gasteiger partial charge in [0.15, 0.2) is 6.61 Å². The number of esters is 2. The van der Waals surface area contributed by atoms with Gasteiger partial charge in [-0.1, -0.05) is 45.4 Å². The number of methoxy groups -OCH3 is 1. The van der Waals surface area contributed by atoms with Gasteiger partial charge in [0, 0.05) is 5.39 Å². The molecule has 2 rings (SSSR count). The molecule has 1 aromatic carbocycles. The maximum atomic E-state index is 12.7. The van der Waals surface area contributed by atoms with E-state index >= 15 is 0 Å². The van der Waals surface area contributed by atoms with Crippen LogP contribution in [0.5, 0.6) is 0 Å². The summed E-state index contributed by atoms with van der Waals surface area (Å²) in [5, 5.41) is 3.46. The van der Waals surface area contributed by atoms with Crippen LogP contribution in [-0.2, 0) is 25.5 Å². The summed E-state index contributed by atoms with van der Waals surface area (Å²) in [5.74, 6) is -1.80. The second-order valence-corrected chi connectivity index (χ2v) is 6.96. The molecule has 1 amide bonds. The van der Waals surface area contributed by atoms with E-state index in [2.05, 4.69) is 10.3 Å². The van der Waals surface area contributed by atoms with E-state index in [4.69, 9.17) is 9.47 Å². The van der Waals surface area contributed by atoms with Crippen molar-refractivity contribution in [2.24, 2.45) is 5.92 Å². The summed E-state index contributed by atoms with van der Waals surface area (Å²) in [5.41, 5.74) is 2.58. The van der Waals surface area contributed by atoms with Crippen molar-refractivity contribution in [3.8, 4) is 0 Å². The fourth-order valence-corrected chi connectivity index (χ4v) is 3.18. The van der Waals surface area contributed by atoms with Crippen molar-refractivity contribution in [2.45, 2.75) is 46.6 Å². The number of fused-ring (bicyclic) bond motifs is 1. The first kappa shape index (κ1) is 22.3. The highest BCUT2D eigenvalue weighted by molar-refractivity contribution is 5.99. The van der Waals surface area contributed by atoms with Crippen molar-refractivity contribution < 1.29 is 23.9 Å².